The van der Waals surface area contributed by atoms with E-state index >= 15 is 0 Å². The van der Waals surface area contributed by atoms with Gasteiger partial charge in [-0.25, -0.2) is 14.8 Å². The van der Waals surface area contributed by atoms with Gasteiger partial charge in [-0.3, -0.25) is 0 Å². The maximum atomic E-state index is 12.4. The molecular formula is C18H25ClN6O2. The number of carbonyl (C=O) groups excluding carboxylic acids is 1. The quantitative estimate of drug-likeness (QED) is 0.770. The van der Waals surface area contributed by atoms with Crippen LogP contribution in [0.5, 0.6) is 0 Å². The molecule has 1 aromatic rings. The molecule has 1 N–H and O–H groups in total. The number of ether oxygens (including phenoxy) is 1. The predicted molar refractivity (Wildman–Crippen MR) is 102 cm³/mol. The first-order valence-corrected chi connectivity index (χ1v) is 9.53. The van der Waals surface area contributed by atoms with E-state index in [0.29, 0.717) is 32.5 Å². The van der Waals surface area contributed by atoms with Crippen molar-refractivity contribution in [1.82, 2.24) is 20.2 Å². The van der Waals surface area contributed by atoms with Crippen LogP contribution >= 0.6 is 11.6 Å². The molecule has 0 aliphatic carbocycles. The Morgan fingerprint density at radius 2 is 2.19 bits per heavy atom. The van der Waals surface area contributed by atoms with Gasteiger partial charge in [0.05, 0.1) is 24.7 Å². The minimum absolute atomic E-state index is 0.106. The Morgan fingerprint density at radius 1 is 1.41 bits per heavy atom. The van der Waals surface area contributed by atoms with Crippen molar-refractivity contribution in [2.24, 2.45) is 0 Å². The van der Waals surface area contributed by atoms with E-state index < -0.39 is 5.60 Å². The number of rotatable bonds is 2. The van der Waals surface area contributed by atoms with Gasteiger partial charge in [0.15, 0.2) is 0 Å². The lowest BCUT2D eigenvalue weighted by Crippen LogP contribution is -2.51. The lowest BCUT2D eigenvalue weighted by molar-refractivity contribution is 0.0220. The molecular weight excluding hydrogens is 368 g/mol. The molecule has 0 unspecified atom stereocenters. The highest BCUT2D eigenvalue weighted by Gasteiger charge is 2.31. The molecule has 2 aliphatic heterocycles. The van der Waals surface area contributed by atoms with E-state index in [1.54, 1.807) is 4.90 Å². The summed E-state index contributed by atoms with van der Waals surface area (Å²) in [5, 5.41) is 12.5. The summed E-state index contributed by atoms with van der Waals surface area (Å²) in [6.45, 7) is 8.72. The van der Waals surface area contributed by atoms with Crippen molar-refractivity contribution in [3.8, 4) is 6.07 Å². The van der Waals surface area contributed by atoms with Crippen LogP contribution in [-0.4, -0.2) is 58.8 Å². The van der Waals surface area contributed by atoms with E-state index in [0.717, 1.165) is 30.2 Å². The number of hydrogen-bond donors (Lipinski definition) is 1. The first-order valence-electron chi connectivity index (χ1n) is 9.15. The number of halogens is 1. The molecule has 1 saturated heterocycles. The maximum Gasteiger partial charge on any atom is 0.410 e. The van der Waals surface area contributed by atoms with Crippen molar-refractivity contribution in [1.29, 1.82) is 5.26 Å². The number of carbonyl (C=O) groups is 1. The number of nitriles is 1. The van der Waals surface area contributed by atoms with Gasteiger partial charge in [-0.2, -0.15) is 5.26 Å². The first-order chi connectivity index (χ1) is 12.8. The van der Waals surface area contributed by atoms with Crippen LogP contribution in [0.3, 0.4) is 0 Å². The monoisotopic (exact) mass is 392 g/mol. The van der Waals surface area contributed by atoms with Crippen molar-refractivity contribution >= 4 is 23.5 Å². The Bertz CT molecular complexity index is 757. The summed E-state index contributed by atoms with van der Waals surface area (Å²) in [6, 6.07) is 2.32. The summed E-state index contributed by atoms with van der Waals surface area (Å²) < 4.78 is 5.47. The first kappa shape index (κ1) is 19.6. The fourth-order valence-corrected chi connectivity index (χ4v) is 3.57. The zero-order valence-corrected chi connectivity index (χ0v) is 16.7. The minimum Gasteiger partial charge on any atom is -0.444 e. The van der Waals surface area contributed by atoms with E-state index in [1.807, 2.05) is 20.8 Å². The standard InChI is InChI=1S/C18H25ClN6O2/c1-18(2,3)27-17(26)25-8-5-13-14(11-25)22-16(19)23-15(13)24-9-7-21-12(10-24)4-6-20/h12,21H,4-5,7-11H2,1-3H3/t12-/m0/s1. The number of amides is 1. The lowest BCUT2D eigenvalue weighted by atomic mass is 10.0. The molecule has 1 aromatic heterocycles. The highest BCUT2D eigenvalue weighted by atomic mass is 35.5. The van der Waals surface area contributed by atoms with Crippen LogP contribution in [0.15, 0.2) is 0 Å². The molecule has 0 aromatic carbocycles. The van der Waals surface area contributed by atoms with E-state index in [4.69, 9.17) is 21.6 Å². The van der Waals surface area contributed by atoms with Gasteiger partial charge in [0, 0.05) is 37.8 Å². The molecule has 27 heavy (non-hydrogen) atoms. The Labute approximate surface area is 164 Å². The SMILES string of the molecule is CC(C)(C)OC(=O)N1CCc2c(nc(Cl)nc2N2CCN[C@@H](CC#N)C2)C1. The molecule has 1 amide bonds. The average molecular weight is 393 g/mol. The molecule has 3 rings (SSSR count). The third kappa shape index (κ3) is 4.79. The number of nitrogens with zero attached hydrogens (tertiary/aromatic N) is 5. The molecule has 0 spiro atoms. The van der Waals surface area contributed by atoms with Gasteiger partial charge in [0.2, 0.25) is 5.28 Å². The Morgan fingerprint density at radius 3 is 2.89 bits per heavy atom. The largest absolute Gasteiger partial charge is 0.444 e. The summed E-state index contributed by atoms with van der Waals surface area (Å²) in [7, 11) is 0. The van der Waals surface area contributed by atoms with Crippen LogP contribution in [0.1, 0.15) is 38.4 Å². The number of fused-ring (bicyclic) bond motifs is 1. The number of nitrogens with one attached hydrogen (secondary N) is 1. The zero-order valence-electron chi connectivity index (χ0n) is 16.0. The van der Waals surface area contributed by atoms with Gasteiger partial charge < -0.3 is 19.9 Å². The molecule has 9 heteroatoms. The molecule has 1 fully saturated rings. The number of aromatic nitrogens is 2. The van der Waals surface area contributed by atoms with Crippen molar-refractivity contribution in [2.45, 2.75) is 51.8 Å². The fourth-order valence-electron chi connectivity index (χ4n) is 3.39. The van der Waals surface area contributed by atoms with Gasteiger partial charge in [-0.1, -0.05) is 0 Å². The van der Waals surface area contributed by atoms with Crippen molar-refractivity contribution in [3.63, 3.8) is 0 Å². The van der Waals surface area contributed by atoms with Crippen molar-refractivity contribution < 1.29 is 9.53 Å². The summed E-state index contributed by atoms with van der Waals surface area (Å²) >= 11 is 6.18. The molecule has 0 radical (unpaired) electrons. The number of hydrogen-bond acceptors (Lipinski definition) is 7. The Balaban J connectivity index is 1.81. The molecule has 3 heterocycles. The van der Waals surface area contributed by atoms with Gasteiger partial charge in [0.25, 0.3) is 0 Å². The van der Waals surface area contributed by atoms with Gasteiger partial charge in [0.1, 0.15) is 11.4 Å². The number of anilines is 1. The third-order valence-electron chi connectivity index (χ3n) is 4.56. The second kappa shape index (κ2) is 7.87. The van der Waals surface area contributed by atoms with Crippen LogP contribution in [0.4, 0.5) is 10.6 Å². The summed E-state index contributed by atoms with van der Waals surface area (Å²) in [5.41, 5.74) is 1.25. The van der Waals surface area contributed by atoms with E-state index in [9.17, 15) is 4.79 Å². The molecule has 1 atom stereocenters. The second-order valence-corrected chi connectivity index (χ2v) is 8.19. The molecule has 0 saturated carbocycles. The smallest absolute Gasteiger partial charge is 0.410 e. The summed E-state index contributed by atoms with van der Waals surface area (Å²) in [4.78, 5) is 25.0. The predicted octanol–water partition coefficient (Wildman–Crippen LogP) is 2.12. The van der Waals surface area contributed by atoms with Crippen molar-refractivity contribution in [3.05, 3.63) is 16.5 Å². The van der Waals surface area contributed by atoms with E-state index in [2.05, 4.69) is 26.3 Å². The highest BCUT2D eigenvalue weighted by molar-refractivity contribution is 6.28. The van der Waals surface area contributed by atoms with E-state index in [1.165, 1.54) is 0 Å². The maximum absolute atomic E-state index is 12.4. The second-order valence-electron chi connectivity index (χ2n) is 7.85. The zero-order chi connectivity index (χ0) is 19.6. The van der Waals surface area contributed by atoms with Gasteiger partial charge in [-0.05, 0) is 38.8 Å². The van der Waals surface area contributed by atoms with E-state index in [-0.39, 0.29) is 17.4 Å². The Hall–Kier alpha value is -2.11. The third-order valence-corrected chi connectivity index (χ3v) is 4.73. The average Bonchev–Trinajstić information content (AvgIpc) is 2.59. The molecule has 146 valence electrons. The number of piperazine rings is 1. The summed E-state index contributed by atoms with van der Waals surface area (Å²) in [5.74, 6) is 0.818. The molecule has 8 nitrogen and oxygen atoms in total. The van der Waals surface area contributed by atoms with Gasteiger partial charge in [-0.15, -0.1) is 0 Å². The molecule has 0 bridgehead atoms. The summed E-state index contributed by atoms with van der Waals surface area (Å²) in [6.07, 6.45) is 0.749. The highest BCUT2D eigenvalue weighted by Crippen LogP contribution is 2.29. The van der Waals surface area contributed by atoms with Crippen LogP contribution in [0.25, 0.3) is 0 Å². The normalized spacial score (nSPS) is 20.0. The lowest BCUT2D eigenvalue weighted by Gasteiger charge is -2.37. The minimum atomic E-state index is -0.539. The van der Waals surface area contributed by atoms with Crippen LogP contribution in [0, 0.1) is 11.3 Å². The van der Waals surface area contributed by atoms with Crippen molar-refractivity contribution in [2.75, 3.05) is 31.1 Å². The van der Waals surface area contributed by atoms with Crippen LogP contribution in [-0.2, 0) is 17.7 Å². The van der Waals surface area contributed by atoms with Crippen LogP contribution in [0.2, 0.25) is 5.28 Å². The topological polar surface area (TPSA) is 94.4 Å². The fraction of sp³-hybridized carbons (Fsp3) is 0.667. The molecule has 2 aliphatic rings. The Kier molecular flexibility index (Phi) is 5.72. The van der Waals surface area contributed by atoms with Gasteiger partial charge >= 0.3 is 6.09 Å². The van der Waals surface area contributed by atoms with Crippen LogP contribution < -0.4 is 10.2 Å².